The Kier molecular flexibility index (Phi) is 7.12. The number of rotatable bonds is 9. The van der Waals surface area contributed by atoms with E-state index in [2.05, 4.69) is 25.4 Å². The lowest BCUT2D eigenvalue weighted by Gasteiger charge is -2.26. The molecule has 0 spiro atoms. The number of halogens is 1. The van der Waals surface area contributed by atoms with Crippen LogP contribution in [0.4, 0.5) is 21.7 Å². The summed E-state index contributed by atoms with van der Waals surface area (Å²) in [5.41, 5.74) is 2.13. The van der Waals surface area contributed by atoms with Crippen molar-refractivity contribution in [3.63, 3.8) is 0 Å². The first kappa shape index (κ1) is 26.4. The fourth-order valence-corrected chi connectivity index (χ4v) is 4.62. The first-order valence-electron chi connectivity index (χ1n) is 13.0. The summed E-state index contributed by atoms with van der Waals surface area (Å²) >= 11 is 0. The summed E-state index contributed by atoms with van der Waals surface area (Å²) in [6, 6.07) is 28.3. The molecule has 0 fully saturated rings. The van der Waals surface area contributed by atoms with Crippen LogP contribution in [-0.4, -0.2) is 35.5 Å². The van der Waals surface area contributed by atoms with Crippen LogP contribution >= 0.6 is 0 Å². The Bertz CT molecular complexity index is 1880. The Labute approximate surface area is 238 Å². The summed E-state index contributed by atoms with van der Waals surface area (Å²) < 4.78 is 16.1. The highest BCUT2D eigenvalue weighted by atomic mass is 19.1. The Hall–Kier alpha value is -5.84. The minimum Gasteiger partial charge on any atom is -0.477 e. The molecule has 11 heteroatoms. The first-order chi connectivity index (χ1) is 20.5. The lowest BCUT2D eigenvalue weighted by molar-refractivity contribution is 0.0698. The van der Waals surface area contributed by atoms with Crippen LogP contribution in [0.3, 0.4) is 0 Å². The summed E-state index contributed by atoms with van der Waals surface area (Å²) in [4.78, 5) is 32.0. The molecule has 0 bridgehead atoms. The van der Waals surface area contributed by atoms with E-state index >= 15 is 0 Å². The number of carboxylic acids is 1. The first-order valence-corrected chi connectivity index (χ1v) is 13.0. The Morgan fingerprint density at radius 3 is 2.14 bits per heavy atom. The van der Waals surface area contributed by atoms with Crippen molar-refractivity contribution in [2.24, 2.45) is 0 Å². The fourth-order valence-electron chi connectivity index (χ4n) is 4.62. The number of hydrogen-bond acceptors (Lipinski definition) is 7. The molecule has 208 valence electrons. The number of nitrogens with one attached hydrogen (secondary N) is 1. The van der Waals surface area contributed by atoms with E-state index in [-0.39, 0.29) is 22.7 Å². The molecule has 0 aliphatic heterocycles. The zero-order valence-corrected chi connectivity index (χ0v) is 22.1. The third-order valence-corrected chi connectivity index (χ3v) is 6.62. The second-order valence-electron chi connectivity index (χ2n) is 9.49. The zero-order valence-electron chi connectivity index (χ0n) is 22.1. The van der Waals surface area contributed by atoms with E-state index in [0.717, 1.165) is 15.8 Å². The fraction of sp³-hybridized carbons (Fsp3) is 0.0645. The second kappa shape index (κ2) is 11.3. The molecule has 0 aliphatic rings. The van der Waals surface area contributed by atoms with Gasteiger partial charge in [-0.05, 0) is 41.5 Å². The quantitative estimate of drug-likeness (QED) is 0.252. The molecule has 3 aromatic carbocycles. The summed E-state index contributed by atoms with van der Waals surface area (Å²) in [5.74, 6) is -0.811. The van der Waals surface area contributed by atoms with Gasteiger partial charge in [-0.3, -0.25) is 4.79 Å². The molecule has 3 aromatic heterocycles. The molecule has 6 aromatic rings. The van der Waals surface area contributed by atoms with Crippen molar-refractivity contribution in [2.75, 3.05) is 10.2 Å². The standard InChI is InChI=1S/C31H24FN7O3/c32-23-11-13-24(14-12-23)38-30(40)26(15-16-33-38)35-27-17-28(39-29(36-27)25(18-34-39)31(41)42)37(19-21-7-3-1-4-8-21)20-22-9-5-2-6-10-22/h1-18H,19-20H2,(H,35,36)(H,41,42). The topological polar surface area (TPSA) is 118 Å². The summed E-state index contributed by atoms with van der Waals surface area (Å²) in [5, 5.41) is 21.4. The summed E-state index contributed by atoms with van der Waals surface area (Å²) in [7, 11) is 0. The van der Waals surface area contributed by atoms with E-state index in [1.54, 1.807) is 6.07 Å². The van der Waals surface area contributed by atoms with Crippen molar-refractivity contribution in [2.45, 2.75) is 13.1 Å². The highest BCUT2D eigenvalue weighted by Crippen LogP contribution is 2.27. The van der Waals surface area contributed by atoms with Crippen molar-refractivity contribution in [3.8, 4) is 5.69 Å². The van der Waals surface area contributed by atoms with Gasteiger partial charge in [-0.2, -0.15) is 19.4 Å². The van der Waals surface area contributed by atoms with E-state index in [0.29, 0.717) is 24.6 Å². The number of aromatic carboxylic acids is 1. The van der Waals surface area contributed by atoms with Gasteiger partial charge in [0.05, 0.1) is 18.1 Å². The predicted octanol–water partition coefficient (Wildman–Crippen LogP) is 5.06. The lowest BCUT2D eigenvalue weighted by atomic mass is 10.1. The van der Waals surface area contributed by atoms with E-state index in [4.69, 9.17) is 0 Å². The Balaban J connectivity index is 1.46. The minimum absolute atomic E-state index is 0.0854. The van der Waals surface area contributed by atoms with Gasteiger partial charge in [-0.25, -0.2) is 14.2 Å². The van der Waals surface area contributed by atoms with Gasteiger partial charge >= 0.3 is 5.97 Å². The molecule has 0 saturated heterocycles. The van der Waals surface area contributed by atoms with Crippen LogP contribution in [-0.2, 0) is 13.1 Å². The van der Waals surface area contributed by atoms with Crippen LogP contribution in [0.15, 0.2) is 114 Å². The molecule has 0 amide bonds. The van der Waals surface area contributed by atoms with Crippen molar-refractivity contribution in [1.29, 1.82) is 0 Å². The number of benzene rings is 3. The van der Waals surface area contributed by atoms with Gasteiger partial charge in [-0.1, -0.05) is 60.7 Å². The van der Waals surface area contributed by atoms with Crippen LogP contribution < -0.4 is 15.8 Å². The van der Waals surface area contributed by atoms with Crippen molar-refractivity contribution in [3.05, 3.63) is 142 Å². The van der Waals surface area contributed by atoms with Crippen molar-refractivity contribution in [1.82, 2.24) is 24.4 Å². The average molecular weight is 562 g/mol. The molecule has 10 nitrogen and oxygen atoms in total. The zero-order chi connectivity index (χ0) is 29.1. The molecule has 0 unspecified atom stereocenters. The molecule has 2 N–H and O–H groups in total. The third kappa shape index (κ3) is 5.43. The SMILES string of the molecule is O=C(O)c1cnn2c(N(Cc3ccccc3)Cc3ccccc3)cc(Nc3ccnn(-c4ccc(F)cc4)c3=O)nc12. The molecule has 0 saturated carbocycles. The normalized spacial score (nSPS) is 11.0. The van der Waals surface area contributed by atoms with Crippen molar-refractivity contribution >= 4 is 28.9 Å². The van der Waals surface area contributed by atoms with Crippen LogP contribution in [0, 0.1) is 5.82 Å². The number of carbonyl (C=O) groups is 1. The number of carboxylic acid groups (broad SMARTS) is 1. The highest BCUT2D eigenvalue weighted by Gasteiger charge is 2.21. The van der Waals surface area contributed by atoms with E-state index in [1.165, 1.54) is 47.2 Å². The van der Waals surface area contributed by atoms with Crippen LogP contribution in [0.25, 0.3) is 11.3 Å². The molecule has 0 aliphatic carbocycles. The predicted molar refractivity (Wildman–Crippen MR) is 156 cm³/mol. The largest absolute Gasteiger partial charge is 0.477 e. The lowest BCUT2D eigenvalue weighted by Crippen LogP contribution is -2.26. The maximum absolute atomic E-state index is 13.5. The summed E-state index contributed by atoms with van der Waals surface area (Å²) in [6.07, 6.45) is 2.69. The minimum atomic E-state index is -1.18. The molecule has 0 radical (unpaired) electrons. The van der Waals surface area contributed by atoms with Crippen molar-refractivity contribution < 1.29 is 14.3 Å². The van der Waals surface area contributed by atoms with Gasteiger partial charge in [0.1, 0.15) is 28.7 Å². The van der Waals surface area contributed by atoms with Gasteiger partial charge < -0.3 is 15.3 Å². The van der Waals surface area contributed by atoms with Gasteiger partial charge in [0, 0.05) is 19.2 Å². The second-order valence-corrected chi connectivity index (χ2v) is 9.49. The number of fused-ring (bicyclic) bond motifs is 1. The van der Waals surface area contributed by atoms with Crippen LogP contribution in [0.5, 0.6) is 0 Å². The third-order valence-electron chi connectivity index (χ3n) is 6.62. The maximum atomic E-state index is 13.5. The maximum Gasteiger partial charge on any atom is 0.341 e. The van der Waals surface area contributed by atoms with Crippen LogP contribution in [0.1, 0.15) is 21.5 Å². The number of aromatic nitrogens is 5. The highest BCUT2D eigenvalue weighted by molar-refractivity contribution is 5.94. The summed E-state index contributed by atoms with van der Waals surface area (Å²) in [6.45, 7) is 0.979. The van der Waals surface area contributed by atoms with Gasteiger partial charge in [0.25, 0.3) is 5.56 Å². The van der Waals surface area contributed by atoms with E-state index in [9.17, 15) is 19.1 Å². The van der Waals surface area contributed by atoms with E-state index < -0.39 is 17.3 Å². The monoisotopic (exact) mass is 561 g/mol. The van der Waals surface area contributed by atoms with E-state index in [1.807, 2.05) is 60.7 Å². The van der Waals surface area contributed by atoms with Gasteiger partial charge in [-0.15, -0.1) is 0 Å². The molecule has 42 heavy (non-hydrogen) atoms. The molecule has 3 heterocycles. The van der Waals surface area contributed by atoms with Crippen LogP contribution in [0.2, 0.25) is 0 Å². The van der Waals surface area contributed by atoms with Gasteiger partial charge in [0.15, 0.2) is 5.65 Å². The molecule has 0 atom stereocenters. The molecular weight excluding hydrogens is 537 g/mol. The molecular formula is C31H24FN7O3. The number of hydrogen-bond donors (Lipinski definition) is 2. The molecule has 6 rings (SSSR count). The Morgan fingerprint density at radius 1 is 0.881 bits per heavy atom. The Morgan fingerprint density at radius 2 is 1.52 bits per heavy atom. The number of nitrogens with zero attached hydrogens (tertiary/aromatic N) is 6. The van der Waals surface area contributed by atoms with Gasteiger partial charge in [0.2, 0.25) is 0 Å². The smallest absolute Gasteiger partial charge is 0.341 e. The average Bonchev–Trinajstić information content (AvgIpc) is 3.44. The number of anilines is 3.